The number of carbonyl (C=O) groups excluding carboxylic acids is 1. The van der Waals surface area contributed by atoms with Crippen molar-refractivity contribution in [3.63, 3.8) is 0 Å². The van der Waals surface area contributed by atoms with Crippen LogP contribution >= 0.6 is 0 Å². The van der Waals surface area contributed by atoms with Crippen LogP contribution in [0.3, 0.4) is 0 Å². The van der Waals surface area contributed by atoms with Gasteiger partial charge in [0.05, 0.1) is 13.7 Å². The summed E-state index contributed by atoms with van der Waals surface area (Å²) in [6.07, 6.45) is 0. The minimum absolute atomic E-state index is 0.0181. The topological polar surface area (TPSA) is 75.7 Å². The first kappa shape index (κ1) is 21.8. The normalized spacial score (nSPS) is 11.7. The van der Waals surface area contributed by atoms with Gasteiger partial charge in [-0.05, 0) is 41.8 Å². The standard InChI is InChI=1S/C20H25FN2O4S/c1-5-23(28(25,26)19-12-16(21)8-11-18(19)27-4)13-20(24)22-17-9-6-15(7-10-17)14(2)3/h6-12,14H,5,13H2,1-4H3,(H,22,24). The second-order valence-electron chi connectivity index (χ2n) is 6.55. The van der Waals surface area contributed by atoms with Gasteiger partial charge in [-0.2, -0.15) is 4.31 Å². The lowest BCUT2D eigenvalue weighted by Gasteiger charge is -2.21. The van der Waals surface area contributed by atoms with Crippen LogP contribution in [-0.4, -0.2) is 38.8 Å². The van der Waals surface area contributed by atoms with E-state index in [9.17, 15) is 17.6 Å². The summed E-state index contributed by atoms with van der Waals surface area (Å²) in [7, 11) is -2.81. The fourth-order valence-corrected chi connectivity index (χ4v) is 4.24. The number of hydrogen-bond donors (Lipinski definition) is 1. The van der Waals surface area contributed by atoms with E-state index in [1.807, 2.05) is 12.1 Å². The Kier molecular flexibility index (Phi) is 7.15. The van der Waals surface area contributed by atoms with Gasteiger partial charge in [0.1, 0.15) is 16.5 Å². The SMILES string of the molecule is CCN(CC(=O)Nc1ccc(C(C)C)cc1)S(=O)(=O)c1cc(F)ccc1OC. The molecule has 0 fully saturated rings. The van der Waals surface area contributed by atoms with E-state index >= 15 is 0 Å². The number of ether oxygens (including phenoxy) is 1. The van der Waals surface area contributed by atoms with E-state index in [-0.39, 0.29) is 17.2 Å². The molecule has 0 aromatic heterocycles. The van der Waals surface area contributed by atoms with Gasteiger partial charge in [0, 0.05) is 12.2 Å². The summed E-state index contributed by atoms with van der Waals surface area (Å²) < 4.78 is 45.4. The molecule has 2 aromatic carbocycles. The molecule has 2 rings (SSSR count). The monoisotopic (exact) mass is 408 g/mol. The zero-order chi connectivity index (χ0) is 20.9. The van der Waals surface area contributed by atoms with Crippen molar-refractivity contribution in [3.8, 4) is 5.75 Å². The molecule has 0 radical (unpaired) electrons. The summed E-state index contributed by atoms with van der Waals surface area (Å²) in [5, 5.41) is 2.69. The van der Waals surface area contributed by atoms with Gasteiger partial charge in [0.2, 0.25) is 15.9 Å². The Labute approximate surface area is 165 Å². The maximum atomic E-state index is 13.6. The van der Waals surface area contributed by atoms with Crippen molar-refractivity contribution in [2.45, 2.75) is 31.6 Å². The number of carbonyl (C=O) groups is 1. The van der Waals surface area contributed by atoms with E-state index in [0.29, 0.717) is 11.6 Å². The highest BCUT2D eigenvalue weighted by Gasteiger charge is 2.29. The first-order valence-corrected chi connectivity index (χ1v) is 10.4. The summed E-state index contributed by atoms with van der Waals surface area (Å²) in [5.74, 6) is -0.806. The number of nitrogens with zero attached hydrogens (tertiary/aromatic N) is 1. The second kappa shape index (κ2) is 9.16. The predicted octanol–water partition coefficient (Wildman–Crippen LogP) is 3.61. The van der Waals surface area contributed by atoms with Gasteiger partial charge in [-0.15, -0.1) is 0 Å². The quantitative estimate of drug-likeness (QED) is 0.724. The van der Waals surface area contributed by atoms with Gasteiger partial charge in [-0.25, -0.2) is 12.8 Å². The molecule has 0 spiro atoms. The predicted molar refractivity (Wildman–Crippen MR) is 107 cm³/mol. The number of nitrogens with one attached hydrogen (secondary N) is 1. The Morgan fingerprint density at radius 1 is 1.18 bits per heavy atom. The maximum absolute atomic E-state index is 13.6. The zero-order valence-electron chi connectivity index (χ0n) is 16.4. The van der Waals surface area contributed by atoms with Gasteiger partial charge >= 0.3 is 0 Å². The van der Waals surface area contributed by atoms with Crippen LogP contribution in [0.15, 0.2) is 47.4 Å². The summed E-state index contributed by atoms with van der Waals surface area (Å²) in [4.78, 5) is 12.1. The van der Waals surface area contributed by atoms with Crippen molar-refractivity contribution in [3.05, 3.63) is 53.8 Å². The summed E-state index contributed by atoms with van der Waals surface area (Å²) in [6.45, 7) is 5.39. The second-order valence-corrected chi connectivity index (χ2v) is 8.46. The molecular formula is C20H25FN2O4S. The molecule has 0 saturated carbocycles. The van der Waals surface area contributed by atoms with Crippen molar-refractivity contribution in [1.82, 2.24) is 4.31 Å². The first-order valence-electron chi connectivity index (χ1n) is 8.92. The van der Waals surface area contributed by atoms with Crippen molar-refractivity contribution >= 4 is 21.6 Å². The maximum Gasteiger partial charge on any atom is 0.247 e. The number of sulfonamides is 1. The third-order valence-corrected chi connectivity index (χ3v) is 6.22. The average molecular weight is 408 g/mol. The molecule has 0 bridgehead atoms. The minimum Gasteiger partial charge on any atom is -0.495 e. The van der Waals surface area contributed by atoms with Crippen LogP contribution in [0.1, 0.15) is 32.3 Å². The molecule has 0 heterocycles. The Morgan fingerprint density at radius 3 is 2.36 bits per heavy atom. The summed E-state index contributed by atoms with van der Waals surface area (Å²) in [6, 6.07) is 10.6. The number of amides is 1. The Morgan fingerprint density at radius 2 is 1.82 bits per heavy atom. The Hall–Kier alpha value is -2.45. The van der Waals surface area contributed by atoms with Crippen molar-refractivity contribution < 1.29 is 22.3 Å². The van der Waals surface area contributed by atoms with E-state index < -0.39 is 28.3 Å². The highest BCUT2D eigenvalue weighted by Crippen LogP contribution is 2.27. The Bertz CT molecular complexity index is 928. The number of rotatable bonds is 8. The van der Waals surface area contributed by atoms with Crippen LogP contribution in [0.25, 0.3) is 0 Å². The van der Waals surface area contributed by atoms with E-state index in [1.54, 1.807) is 19.1 Å². The van der Waals surface area contributed by atoms with Gasteiger partial charge in [0.25, 0.3) is 0 Å². The van der Waals surface area contributed by atoms with Gasteiger partial charge in [-0.3, -0.25) is 4.79 Å². The number of halogens is 1. The van der Waals surface area contributed by atoms with Crippen molar-refractivity contribution in [2.24, 2.45) is 0 Å². The van der Waals surface area contributed by atoms with Crippen molar-refractivity contribution in [2.75, 3.05) is 25.5 Å². The van der Waals surface area contributed by atoms with Crippen LogP contribution in [-0.2, 0) is 14.8 Å². The van der Waals surface area contributed by atoms with Crippen LogP contribution < -0.4 is 10.1 Å². The molecule has 8 heteroatoms. The van der Waals surface area contributed by atoms with Crippen LogP contribution in [0, 0.1) is 5.82 Å². The van der Waals surface area contributed by atoms with E-state index in [4.69, 9.17) is 4.74 Å². The van der Waals surface area contributed by atoms with Crippen LogP contribution in [0.5, 0.6) is 5.75 Å². The minimum atomic E-state index is -4.11. The zero-order valence-corrected chi connectivity index (χ0v) is 17.2. The molecule has 2 aromatic rings. The van der Waals surface area contributed by atoms with E-state index in [2.05, 4.69) is 19.2 Å². The van der Waals surface area contributed by atoms with Gasteiger partial charge in [0.15, 0.2) is 0 Å². The lowest BCUT2D eigenvalue weighted by atomic mass is 10.0. The smallest absolute Gasteiger partial charge is 0.247 e. The highest BCUT2D eigenvalue weighted by molar-refractivity contribution is 7.89. The fraction of sp³-hybridized carbons (Fsp3) is 0.350. The molecule has 0 unspecified atom stereocenters. The molecule has 0 atom stereocenters. The third kappa shape index (κ3) is 5.08. The highest BCUT2D eigenvalue weighted by atomic mass is 32.2. The number of anilines is 1. The summed E-state index contributed by atoms with van der Waals surface area (Å²) >= 11 is 0. The largest absolute Gasteiger partial charge is 0.495 e. The number of hydrogen-bond acceptors (Lipinski definition) is 4. The van der Waals surface area contributed by atoms with Gasteiger partial charge < -0.3 is 10.1 Å². The van der Waals surface area contributed by atoms with E-state index in [1.165, 1.54) is 13.2 Å². The lowest BCUT2D eigenvalue weighted by Crippen LogP contribution is -2.38. The third-order valence-electron chi connectivity index (χ3n) is 4.28. The summed E-state index contributed by atoms with van der Waals surface area (Å²) in [5.41, 5.74) is 1.71. The van der Waals surface area contributed by atoms with Gasteiger partial charge in [-0.1, -0.05) is 32.9 Å². The van der Waals surface area contributed by atoms with Crippen LogP contribution in [0.2, 0.25) is 0 Å². The first-order chi connectivity index (χ1) is 13.2. The lowest BCUT2D eigenvalue weighted by molar-refractivity contribution is -0.116. The molecular weight excluding hydrogens is 383 g/mol. The van der Waals surface area contributed by atoms with Crippen LogP contribution in [0.4, 0.5) is 10.1 Å². The molecule has 152 valence electrons. The van der Waals surface area contributed by atoms with Crippen molar-refractivity contribution in [1.29, 1.82) is 0 Å². The fourth-order valence-electron chi connectivity index (χ4n) is 2.67. The number of likely N-dealkylation sites (N-methyl/N-ethyl adjacent to an activating group) is 1. The molecule has 0 aliphatic carbocycles. The Balaban J connectivity index is 2.18. The van der Waals surface area contributed by atoms with E-state index in [0.717, 1.165) is 22.0 Å². The number of benzene rings is 2. The molecule has 1 amide bonds. The molecule has 0 saturated heterocycles. The molecule has 0 aliphatic rings. The number of methoxy groups -OCH3 is 1. The molecule has 1 N–H and O–H groups in total. The average Bonchev–Trinajstić information content (AvgIpc) is 2.66. The molecule has 0 aliphatic heterocycles. The molecule has 6 nitrogen and oxygen atoms in total. The molecule has 28 heavy (non-hydrogen) atoms.